The molecule has 4 rings (SSSR count). The lowest BCUT2D eigenvalue weighted by atomic mass is 9.84. The van der Waals surface area contributed by atoms with Crippen molar-refractivity contribution >= 4 is 29.0 Å². The van der Waals surface area contributed by atoms with E-state index in [1.54, 1.807) is 12.1 Å². The van der Waals surface area contributed by atoms with Gasteiger partial charge in [0, 0.05) is 19.0 Å². The zero-order valence-corrected chi connectivity index (χ0v) is 23.1. The fourth-order valence-electron chi connectivity index (χ4n) is 5.26. The molecule has 1 aliphatic rings. The second-order valence-corrected chi connectivity index (χ2v) is 11.0. The predicted octanol–water partition coefficient (Wildman–Crippen LogP) is 6.85. The van der Waals surface area contributed by atoms with Gasteiger partial charge in [-0.15, -0.1) is 0 Å². The summed E-state index contributed by atoms with van der Waals surface area (Å²) in [5, 5.41) is 12.1. The number of aliphatic hydroxyl groups is 1. The van der Waals surface area contributed by atoms with Gasteiger partial charge in [-0.25, -0.2) is 0 Å². The molecule has 0 aromatic heterocycles. The van der Waals surface area contributed by atoms with E-state index in [2.05, 4.69) is 36.9 Å². The Kier molecular flexibility index (Phi) is 9.44. The van der Waals surface area contributed by atoms with Crippen molar-refractivity contribution in [2.24, 2.45) is 0 Å². The van der Waals surface area contributed by atoms with Gasteiger partial charge >= 0.3 is 0 Å². The topological polar surface area (TPSA) is 49.8 Å². The summed E-state index contributed by atoms with van der Waals surface area (Å²) in [5.41, 5.74) is 4.46. The second kappa shape index (κ2) is 12.6. The van der Waals surface area contributed by atoms with Crippen molar-refractivity contribution in [1.29, 1.82) is 0 Å². The molecule has 0 spiro atoms. The molecule has 1 saturated heterocycles. The number of carbonyl (C=O) groups excluding carboxylic acids is 1. The van der Waals surface area contributed by atoms with Gasteiger partial charge in [-0.1, -0.05) is 88.9 Å². The van der Waals surface area contributed by atoms with Gasteiger partial charge in [0.05, 0.1) is 22.3 Å². The minimum Gasteiger partial charge on any atom is -0.385 e. The highest BCUT2D eigenvalue weighted by Gasteiger charge is 2.34. The Bertz CT molecular complexity index is 1190. The fourth-order valence-corrected chi connectivity index (χ4v) is 5.57. The van der Waals surface area contributed by atoms with Crippen LogP contribution in [0.3, 0.4) is 0 Å². The van der Waals surface area contributed by atoms with Gasteiger partial charge < -0.3 is 14.7 Å². The van der Waals surface area contributed by atoms with Crippen LogP contribution in [0.1, 0.15) is 53.0 Å². The number of ether oxygens (including phenoxy) is 1. The van der Waals surface area contributed by atoms with Crippen molar-refractivity contribution in [3.63, 3.8) is 0 Å². The van der Waals surface area contributed by atoms with Gasteiger partial charge in [0.2, 0.25) is 0 Å². The molecule has 37 heavy (non-hydrogen) atoms. The number of hydrogen-bond donors (Lipinski definition) is 1. The number of ketones is 1. The number of rotatable bonds is 10. The third-order valence-corrected chi connectivity index (χ3v) is 8.00. The minimum atomic E-state index is -0.793. The van der Waals surface area contributed by atoms with Crippen LogP contribution in [0.4, 0.5) is 0 Å². The molecule has 0 amide bonds. The standard InChI is InChI=1S/C31H35Cl2NO3/c1-22-16-23(2)18-24(17-22)20-37-21-30(35)27(25-8-9-28(32)29(33)19-25)10-13-34-14-11-31(36,12-15-34)26-6-4-3-5-7-26/h3-9,16-19,27,36H,10-15,20-21H2,1-2H3. The Balaban J connectivity index is 1.38. The van der Waals surface area contributed by atoms with Gasteiger partial charge in [0.1, 0.15) is 6.61 Å². The van der Waals surface area contributed by atoms with Gasteiger partial charge in [0.25, 0.3) is 0 Å². The molecule has 1 fully saturated rings. The maximum Gasteiger partial charge on any atom is 0.165 e. The first kappa shape index (κ1) is 27.8. The molecule has 1 heterocycles. The second-order valence-electron chi connectivity index (χ2n) is 10.2. The van der Waals surface area contributed by atoms with E-state index in [0.717, 1.165) is 36.3 Å². The Labute approximate surface area is 230 Å². The molecule has 1 unspecified atom stereocenters. The Morgan fingerprint density at radius 1 is 0.973 bits per heavy atom. The normalized spacial score (nSPS) is 16.5. The van der Waals surface area contributed by atoms with Crippen LogP contribution >= 0.6 is 23.2 Å². The van der Waals surface area contributed by atoms with Crippen LogP contribution in [0.25, 0.3) is 0 Å². The smallest absolute Gasteiger partial charge is 0.165 e. The van der Waals surface area contributed by atoms with Crippen molar-refractivity contribution in [3.8, 4) is 0 Å². The van der Waals surface area contributed by atoms with Crippen LogP contribution in [0, 0.1) is 13.8 Å². The average molecular weight is 541 g/mol. The summed E-state index contributed by atoms with van der Waals surface area (Å²) in [6, 6.07) is 21.6. The number of benzene rings is 3. The molecule has 1 aliphatic heterocycles. The van der Waals surface area contributed by atoms with Gasteiger partial charge in [0.15, 0.2) is 5.78 Å². The summed E-state index contributed by atoms with van der Waals surface area (Å²) in [7, 11) is 0. The van der Waals surface area contributed by atoms with Crippen LogP contribution in [-0.4, -0.2) is 42.0 Å². The molecule has 0 aliphatic carbocycles. The summed E-state index contributed by atoms with van der Waals surface area (Å²) in [6.07, 6.45) is 1.98. The molecular weight excluding hydrogens is 505 g/mol. The number of carbonyl (C=O) groups is 1. The Morgan fingerprint density at radius 2 is 1.65 bits per heavy atom. The van der Waals surface area contributed by atoms with Crippen LogP contribution in [0.5, 0.6) is 0 Å². The largest absolute Gasteiger partial charge is 0.385 e. The maximum absolute atomic E-state index is 13.4. The molecule has 3 aromatic rings. The highest BCUT2D eigenvalue weighted by Crippen LogP contribution is 2.34. The molecule has 196 valence electrons. The first-order chi connectivity index (χ1) is 17.7. The molecule has 1 atom stereocenters. The monoisotopic (exact) mass is 539 g/mol. The summed E-state index contributed by atoms with van der Waals surface area (Å²) < 4.78 is 5.86. The molecular formula is C31H35Cl2NO3. The van der Waals surface area contributed by atoms with E-state index in [1.165, 1.54) is 11.1 Å². The van der Waals surface area contributed by atoms with Crippen molar-refractivity contribution in [1.82, 2.24) is 4.90 Å². The zero-order chi connectivity index (χ0) is 26.4. The number of likely N-dealkylation sites (tertiary alicyclic amines) is 1. The number of aryl methyl sites for hydroxylation is 2. The first-order valence-electron chi connectivity index (χ1n) is 12.9. The summed E-state index contributed by atoms with van der Waals surface area (Å²) in [4.78, 5) is 15.7. The van der Waals surface area contributed by atoms with Gasteiger partial charge in [-0.3, -0.25) is 4.79 Å². The molecule has 1 N–H and O–H groups in total. The number of halogens is 2. The lowest BCUT2D eigenvalue weighted by Gasteiger charge is -2.39. The van der Waals surface area contributed by atoms with Crippen LogP contribution < -0.4 is 0 Å². The number of nitrogens with zero attached hydrogens (tertiary/aromatic N) is 1. The van der Waals surface area contributed by atoms with E-state index in [1.807, 2.05) is 36.4 Å². The minimum absolute atomic E-state index is 0.0283. The number of piperidine rings is 1. The lowest BCUT2D eigenvalue weighted by molar-refractivity contribution is -0.125. The highest BCUT2D eigenvalue weighted by atomic mass is 35.5. The van der Waals surface area contributed by atoms with Gasteiger partial charge in [-0.05, 0) is 68.5 Å². The van der Waals surface area contributed by atoms with Crippen LogP contribution in [0.15, 0.2) is 66.7 Å². The van der Waals surface area contributed by atoms with E-state index >= 15 is 0 Å². The predicted molar refractivity (Wildman–Crippen MR) is 150 cm³/mol. The van der Waals surface area contributed by atoms with E-state index in [0.29, 0.717) is 35.9 Å². The fraction of sp³-hybridized carbons (Fsp3) is 0.387. The molecule has 0 radical (unpaired) electrons. The van der Waals surface area contributed by atoms with Crippen molar-refractivity contribution in [3.05, 3.63) is 105 Å². The zero-order valence-electron chi connectivity index (χ0n) is 21.6. The van der Waals surface area contributed by atoms with E-state index in [4.69, 9.17) is 27.9 Å². The highest BCUT2D eigenvalue weighted by molar-refractivity contribution is 6.42. The van der Waals surface area contributed by atoms with Crippen molar-refractivity contribution < 1.29 is 14.6 Å². The molecule has 0 bridgehead atoms. The molecule has 6 heteroatoms. The third kappa shape index (κ3) is 7.43. The van der Waals surface area contributed by atoms with Gasteiger partial charge in [-0.2, -0.15) is 0 Å². The summed E-state index contributed by atoms with van der Waals surface area (Å²) in [6.45, 7) is 6.84. The third-order valence-electron chi connectivity index (χ3n) is 7.26. The number of hydrogen-bond acceptors (Lipinski definition) is 4. The van der Waals surface area contributed by atoms with E-state index in [9.17, 15) is 9.90 Å². The average Bonchev–Trinajstić information content (AvgIpc) is 2.87. The SMILES string of the molecule is Cc1cc(C)cc(COCC(=O)C(CCN2CCC(O)(c3ccccc3)CC2)c2ccc(Cl)c(Cl)c2)c1. The molecule has 4 nitrogen and oxygen atoms in total. The Hall–Kier alpha value is -2.21. The summed E-state index contributed by atoms with van der Waals surface area (Å²) >= 11 is 12.4. The summed E-state index contributed by atoms with van der Waals surface area (Å²) in [5.74, 6) is -0.315. The Morgan fingerprint density at radius 3 is 2.30 bits per heavy atom. The van der Waals surface area contributed by atoms with Crippen LogP contribution in [0.2, 0.25) is 10.0 Å². The van der Waals surface area contributed by atoms with E-state index in [-0.39, 0.29) is 18.3 Å². The number of Topliss-reactive ketones (excluding diaryl/α,β-unsaturated/α-hetero) is 1. The van der Waals surface area contributed by atoms with E-state index < -0.39 is 5.60 Å². The molecule has 0 saturated carbocycles. The van der Waals surface area contributed by atoms with Crippen molar-refractivity contribution in [2.45, 2.75) is 51.2 Å². The van der Waals surface area contributed by atoms with Crippen molar-refractivity contribution in [2.75, 3.05) is 26.2 Å². The quantitative estimate of drug-likeness (QED) is 0.306. The maximum atomic E-state index is 13.4. The van der Waals surface area contributed by atoms with Crippen LogP contribution in [-0.2, 0) is 21.7 Å². The molecule has 3 aromatic carbocycles. The lowest BCUT2D eigenvalue weighted by Crippen LogP contribution is -2.43. The first-order valence-corrected chi connectivity index (χ1v) is 13.6.